The third-order valence-corrected chi connectivity index (χ3v) is 2.83. The second-order valence-corrected chi connectivity index (χ2v) is 5.98. The highest BCUT2D eigenvalue weighted by Crippen LogP contribution is 2.35. The Morgan fingerprint density at radius 3 is 2.35 bits per heavy atom. The van der Waals surface area contributed by atoms with Gasteiger partial charge in [0.1, 0.15) is 11.6 Å². The molecule has 1 aromatic heterocycles. The monoisotopic (exact) mass is 234 g/mol. The first kappa shape index (κ1) is 12.2. The fourth-order valence-corrected chi connectivity index (χ4v) is 1.68. The molecule has 0 saturated heterocycles. The van der Waals surface area contributed by atoms with Crippen LogP contribution in [0.2, 0.25) is 0 Å². The van der Waals surface area contributed by atoms with Gasteiger partial charge < -0.3 is 9.64 Å². The number of hydrogen-bond acceptors (Lipinski definition) is 3. The maximum atomic E-state index is 5.94. The predicted molar refractivity (Wildman–Crippen MR) is 70.9 cm³/mol. The minimum absolute atomic E-state index is 0.0102. The Morgan fingerprint density at radius 1 is 1.24 bits per heavy atom. The molecule has 17 heavy (non-hydrogen) atoms. The minimum atomic E-state index is 0.0102. The normalized spacial score (nSPS) is 15.8. The zero-order chi connectivity index (χ0) is 12.6. The summed E-state index contributed by atoms with van der Waals surface area (Å²) in [6.45, 7) is 6.53. The molecule has 1 aliphatic rings. The lowest BCUT2D eigenvalue weighted by Gasteiger charge is -2.23. The van der Waals surface area contributed by atoms with Crippen LogP contribution in [0.15, 0.2) is 12.1 Å². The highest BCUT2D eigenvalue weighted by atomic mass is 16.5. The summed E-state index contributed by atoms with van der Waals surface area (Å²) in [6.07, 6.45) is 2.78. The summed E-state index contributed by atoms with van der Waals surface area (Å²) >= 11 is 0. The van der Waals surface area contributed by atoms with Crippen molar-refractivity contribution in [2.24, 2.45) is 0 Å². The molecule has 1 fully saturated rings. The van der Waals surface area contributed by atoms with Crippen molar-refractivity contribution in [3.8, 4) is 5.75 Å². The van der Waals surface area contributed by atoms with Gasteiger partial charge in [0, 0.05) is 19.5 Å². The van der Waals surface area contributed by atoms with E-state index in [0.717, 1.165) is 17.3 Å². The largest absolute Gasteiger partial charge is 0.488 e. The molecule has 1 saturated carbocycles. The molecule has 0 bridgehead atoms. The van der Waals surface area contributed by atoms with E-state index in [-0.39, 0.29) is 5.41 Å². The lowest BCUT2D eigenvalue weighted by molar-refractivity contribution is 0.292. The minimum Gasteiger partial charge on any atom is -0.488 e. The molecule has 0 atom stereocenters. The fraction of sp³-hybridized carbons (Fsp3) is 0.643. The predicted octanol–water partition coefficient (Wildman–Crippen LogP) is 2.99. The number of pyridine rings is 1. The van der Waals surface area contributed by atoms with Gasteiger partial charge in [-0.3, -0.25) is 0 Å². The van der Waals surface area contributed by atoms with Crippen LogP contribution < -0.4 is 9.64 Å². The van der Waals surface area contributed by atoms with Crippen LogP contribution in [-0.4, -0.2) is 25.2 Å². The van der Waals surface area contributed by atoms with Gasteiger partial charge in [-0.1, -0.05) is 20.8 Å². The van der Waals surface area contributed by atoms with E-state index in [1.54, 1.807) is 0 Å². The molecule has 0 amide bonds. The fourth-order valence-electron chi connectivity index (χ4n) is 1.68. The van der Waals surface area contributed by atoms with E-state index in [1.807, 2.05) is 25.1 Å². The van der Waals surface area contributed by atoms with Gasteiger partial charge >= 0.3 is 0 Å². The lowest BCUT2D eigenvalue weighted by Crippen LogP contribution is -2.19. The molecule has 1 aliphatic carbocycles. The Hall–Kier alpha value is -1.25. The van der Waals surface area contributed by atoms with Crippen LogP contribution in [0, 0.1) is 0 Å². The Morgan fingerprint density at radius 2 is 1.88 bits per heavy atom. The van der Waals surface area contributed by atoms with Gasteiger partial charge in [0.25, 0.3) is 0 Å². The average molecular weight is 234 g/mol. The Bertz CT molecular complexity index is 403. The quantitative estimate of drug-likeness (QED) is 0.804. The molecule has 0 spiro atoms. The van der Waals surface area contributed by atoms with Gasteiger partial charge in [-0.15, -0.1) is 0 Å². The Labute approximate surface area is 104 Å². The number of nitrogens with zero attached hydrogens (tertiary/aromatic N) is 2. The number of anilines is 1. The molecule has 3 nitrogen and oxygen atoms in total. The molecular weight excluding hydrogens is 212 g/mol. The van der Waals surface area contributed by atoms with Crippen molar-refractivity contribution in [1.82, 2.24) is 4.98 Å². The molecule has 0 aromatic carbocycles. The molecule has 0 unspecified atom stereocenters. The molecule has 0 radical (unpaired) electrons. The summed E-state index contributed by atoms with van der Waals surface area (Å²) in [5.74, 6) is 1.93. The van der Waals surface area contributed by atoms with Gasteiger partial charge in [0.05, 0.1) is 11.8 Å². The smallest absolute Gasteiger partial charge is 0.141 e. The third kappa shape index (κ3) is 2.90. The molecule has 0 aliphatic heterocycles. The first-order valence-corrected chi connectivity index (χ1v) is 6.23. The maximum Gasteiger partial charge on any atom is 0.141 e. The Kier molecular flexibility index (Phi) is 3.02. The molecule has 1 aromatic rings. The Balaban J connectivity index is 2.36. The number of hydrogen-bond donors (Lipinski definition) is 0. The summed E-state index contributed by atoms with van der Waals surface area (Å²) in [6, 6.07) is 4.08. The van der Waals surface area contributed by atoms with Gasteiger partial charge in [-0.05, 0) is 25.0 Å². The molecule has 94 valence electrons. The van der Waals surface area contributed by atoms with Crippen LogP contribution in [0.25, 0.3) is 0 Å². The standard InChI is InChI=1S/C14H22N2O/c1-14(2,3)13-11(17-10-6-7-10)8-9-12(15-13)16(4)5/h8-10H,6-7H2,1-5H3. The van der Waals surface area contributed by atoms with Gasteiger partial charge in [0.2, 0.25) is 0 Å². The summed E-state index contributed by atoms with van der Waals surface area (Å²) in [5, 5.41) is 0. The van der Waals surface area contributed by atoms with E-state index in [0.29, 0.717) is 6.10 Å². The number of ether oxygens (including phenoxy) is 1. The molecular formula is C14H22N2O. The summed E-state index contributed by atoms with van der Waals surface area (Å²) < 4.78 is 5.94. The third-order valence-electron chi connectivity index (χ3n) is 2.83. The van der Waals surface area contributed by atoms with Gasteiger partial charge in [-0.25, -0.2) is 4.98 Å². The van der Waals surface area contributed by atoms with E-state index < -0.39 is 0 Å². The van der Waals surface area contributed by atoms with Crippen LogP contribution in [0.1, 0.15) is 39.3 Å². The van der Waals surface area contributed by atoms with Crippen LogP contribution in [0.4, 0.5) is 5.82 Å². The lowest BCUT2D eigenvalue weighted by atomic mass is 9.91. The van der Waals surface area contributed by atoms with Gasteiger partial charge in [-0.2, -0.15) is 0 Å². The second kappa shape index (κ2) is 4.21. The van der Waals surface area contributed by atoms with E-state index in [9.17, 15) is 0 Å². The van der Waals surface area contributed by atoms with Crippen molar-refractivity contribution in [3.05, 3.63) is 17.8 Å². The van der Waals surface area contributed by atoms with Crippen molar-refractivity contribution in [3.63, 3.8) is 0 Å². The second-order valence-electron chi connectivity index (χ2n) is 5.98. The number of rotatable bonds is 3. The van der Waals surface area contributed by atoms with Crippen LogP contribution in [-0.2, 0) is 5.41 Å². The van der Waals surface area contributed by atoms with Crippen molar-refractivity contribution < 1.29 is 4.74 Å². The zero-order valence-corrected chi connectivity index (χ0v) is 11.4. The van der Waals surface area contributed by atoms with Crippen molar-refractivity contribution >= 4 is 5.82 Å². The molecule has 0 N–H and O–H groups in total. The van der Waals surface area contributed by atoms with Crippen LogP contribution in [0.5, 0.6) is 5.75 Å². The maximum absolute atomic E-state index is 5.94. The van der Waals surface area contributed by atoms with Crippen LogP contribution >= 0.6 is 0 Å². The highest BCUT2D eigenvalue weighted by molar-refractivity contribution is 5.45. The summed E-state index contributed by atoms with van der Waals surface area (Å²) in [7, 11) is 4.02. The number of aromatic nitrogens is 1. The summed E-state index contributed by atoms with van der Waals surface area (Å²) in [4.78, 5) is 6.75. The zero-order valence-electron chi connectivity index (χ0n) is 11.4. The average Bonchev–Trinajstić information content (AvgIpc) is 3.00. The van der Waals surface area contributed by atoms with E-state index >= 15 is 0 Å². The van der Waals surface area contributed by atoms with Crippen molar-refractivity contribution in [2.75, 3.05) is 19.0 Å². The van der Waals surface area contributed by atoms with E-state index in [4.69, 9.17) is 9.72 Å². The molecule has 3 heteroatoms. The molecule has 2 rings (SSSR count). The first-order chi connectivity index (χ1) is 7.88. The SMILES string of the molecule is CN(C)c1ccc(OC2CC2)c(C(C)(C)C)n1. The topological polar surface area (TPSA) is 25.4 Å². The van der Waals surface area contributed by atoms with E-state index in [2.05, 4.69) is 26.8 Å². The van der Waals surface area contributed by atoms with Crippen molar-refractivity contribution in [1.29, 1.82) is 0 Å². The van der Waals surface area contributed by atoms with Crippen molar-refractivity contribution in [2.45, 2.75) is 45.1 Å². The first-order valence-electron chi connectivity index (χ1n) is 6.23. The van der Waals surface area contributed by atoms with Gasteiger partial charge in [0.15, 0.2) is 0 Å². The van der Waals surface area contributed by atoms with Crippen LogP contribution in [0.3, 0.4) is 0 Å². The van der Waals surface area contributed by atoms with E-state index in [1.165, 1.54) is 12.8 Å². The summed E-state index contributed by atoms with van der Waals surface area (Å²) in [5.41, 5.74) is 1.06. The highest BCUT2D eigenvalue weighted by Gasteiger charge is 2.28. The molecule has 1 heterocycles.